The lowest BCUT2D eigenvalue weighted by atomic mass is 9.79. The first-order valence-electron chi connectivity index (χ1n) is 9.56. The number of carbonyl (C=O) groups excluding carboxylic acids is 2. The Kier molecular flexibility index (Phi) is 7.47. The van der Waals surface area contributed by atoms with Gasteiger partial charge in [-0.2, -0.15) is 0 Å². The van der Waals surface area contributed by atoms with E-state index in [1.807, 2.05) is 59.7 Å². The van der Waals surface area contributed by atoms with Gasteiger partial charge in [-0.05, 0) is 58.9 Å². The van der Waals surface area contributed by atoms with Gasteiger partial charge in [0.25, 0.3) is 0 Å². The molecule has 1 aromatic rings. The van der Waals surface area contributed by atoms with Crippen LogP contribution in [0.1, 0.15) is 73.8 Å². The maximum Gasteiger partial charge on any atom is 0.408 e. The molecule has 152 valence electrons. The summed E-state index contributed by atoms with van der Waals surface area (Å²) in [5, 5.41) is 5.82. The van der Waals surface area contributed by atoms with Gasteiger partial charge in [-0.15, -0.1) is 0 Å². The molecule has 5 heteroatoms. The minimum atomic E-state index is -0.693. The van der Waals surface area contributed by atoms with Gasteiger partial charge < -0.3 is 15.4 Å². The van der Waals surface area contributed by atoms with Crippen LogP contribution in [0.25, 0.3) is 0 Å². The van der Waals surface area contributed by atoms with E-state index < -0.39 is 17.2 Å². The third-order valence-electron chi connectivity index (χ3n) is 4.22. The number of hydrogen-bond acceptors (Lipinski definition) is 3. The van der Waals surface area contributed by atoms with E-state index in [0.717, 1.165) is 6.42 Å². The van der Waals surface area contributed by atoms with Gasteiger partial charge in [-0.1, -0.05) is 44.2 Å². The predicted octanol–water partition coefficient (Wildman–Crippen LogP) is 4.55. The van der Waals surface area contributed by atoms with Crippen molar-refractivity contribution in [3.05, 3.63) is 35.9 Å². The maximum atomic E-state index is 12.5. The van der Waals surface area contributed by atoms with Crippen LogP contribution in [0.4, 0.5) is 4.79 Å². The fourth-order valence-electron chi connectivity index (χ4n) is 3.18. The molecule has 1 rings (SSSR count). The Morgan fingerprint density at radius 1 is 1.00 bits per heavy atom. The largest absolute Gasteiger partial charge is 0.444 e. The highest BCUT2D eigenvalue weighted by molar-refractivity contribution is 5.78. The number of carbonyl (C=O) groups is 2. The van der Waals surface area contributed by atoms with E-state index in [9.17, 15) is 9.59 Å². The fraction of sp³-hybridized carbons (Fsp3) is 0.636. The highest BCUT2D eigenvalue weighted by atomic mass is 16.6. The van der Waals surface area contributed by atoms with Crippen LogP contribution in [0.2, 0.25) is 0 Å². The molecule has 0 aliphatic rings. The molecule has 0 spiro atoms. The molecule has 0 radical (unpaired) electrons. The van der Waals surface area contributed by atoms with Gasteiger partial charge in [0.1, 0.15) is 5.60 Å². The first kappa shape index (κ1) is 23.0. The summed E-state index contributed by atoms with van der Waals surface area (Å²) in [5.41, 5.74) is -0.0581. The third-order valence-corrected chi connectivity index (χ3v) is 4.22. The minimum Gasteiger partial charge on any atom is -0.444 e. The number of ether oxygens (including phenoxy) is 1. The van der Waals surface area contributed by atoms with E-state index in [0.29, 0.717) is 0 Å². The van der Waals surface area contributed by atoms with E-state index in [1.54, 1.807) is 0 Å². The van der Waals surface area contributed by atoms with Crippen molar-refractivity contribution in [1.29, 1.82) is 0 Å². The first-order chi connectivity index (χ1) is 12.2. The molecule has 5 nitrogen and oxygen atoms in total. The van der Waals surface area contributed by atoms with Crippen LogP contribution >= 0.6 is 0 Å². The normalized spacial score (nSPS) is 13.6. The summed E-state index contributed by atoms with van der Waals surface area (Å²) in [6, 6.07) is 10.3. The highest BCUT2D eigenvalue weighted by Crippen LogP contribution is 2.28. The second kappa shape index (κ2) is 8.77. The molecule has 0 aliphatic heterocycles. The number of alkyl carbamates (subject to hydrolysis) is 1. The van der Waals surface area contributed by atoms with Crippen LogP contribution in [0, 0.1) is 0 Å². The molecular formula is C22H36N2O3. The van der Waals surface area contributed by atoms with E-state index in [-0.39, 0.29) is 23.8 Å². The van der Waals surface area contributed by atoms with E-state index in [2.05, 4.69) is 36.6 Å². The van der Waals surface area contributed by atoms with Crippen LogP contribution in [0.15, 0.2) is 30.3 Å². The number of benzene rings is 1. The van der Waals surface area contributed by atoms with Gasteiger partial charge in [-0.3, -0.25) is 4.79 Å². The van der Waals surface area contributed by atoms with Crippen LogP contribution in [0.3, 0.4) is 0 Å². The zero-order valence-corrected chi connectivity index (χ0v) is 18.1. The monoisotopic (exact) mass is 376 g/mol. The lowest BCUT2D eigenvalue weighted by Crippen LogP contribution is -2.49. The van der Waals surface area contributed by atoms with Gasteiger partial charge >= 0.3 is 6.09 Å². The zero-order chi connectivity index (χ0) is 20.9. The van der Waals surface area contributed by atoms with Crippen molar-refractivity contribution < 1.29 is 14.3 Å². The van der Waals surface area contributed by atoms with Crippen molar-refractivity contribution in [3.63, 3.8) is 0 Å². The average Bonchev–Trinajstić information content (AvgIpc) is 2.43. The molecule has 0 bridgehead atoms. The Hall–Kier alpha value is -2.04. The Balaban J connectivity index is 2.56. The van der Waals surface area contributed by atoms with Gasteiger partial charge in [0.2, 0.25) is 5.91 Å². The highest BCUT2D eigenvalue weighted by Gasteiger charge is 2.29. The van der Waals surface area contributed by atoms with Crippen molar-refractivity contribution in [2.75, 3.05) is 0 Å². The molecule has 2 amide bonds. The number of amides is 2. The number of hydrogen-bond donors (Lipinski definition) is 2. The molecule has 0 saturated carbocycles. The quantitative estimate of drug-likeness (QED) is 0.733. The SMILES string of the molecule is CC(CC(C)(C)c1ccccc1)NC(=O)CC(C)(C)NC(=O)OC(C)(C)C. The summed E-state index contributed by atoms with van der Waals surface area (Å²) >= 11 is 0. The minimum absolute atomic E-state index is 0.0185. The van der Waals surface area contributed by atoms with E-state index >= 15 is 0 Å². The second-order valence-corrected chi connectivity index (χ2v) is 9.61. The van der Waals surface area contributed by atoms with Gasteiger partial charge in [-0.25, -0.2) is 4.79 Å². The zero-order valence-electron chi connectivity index (χ0n) is 18.1. The fourth-order valence-corrected chi connectivity index (χ4v) is 3.18. The van der Waals surface area contributed by atoms with Crippen molar-refractivity contribution in [1.82, 2.24) is 10.6 Å². The molecule has 27 heavy (non-hydrogen) atoms. The lowest BCUT2D eigenvalue weighted by molar-refractivity contribution is -0.122. The third kappa shape index (κ3) is 8.94. The summed E-state index contributed by atoms with van der Waals surface area (Å²) in [4.78, 5) is 24.4. The second-order valence-electron chi connectivity index (χ2n) is 9.61. The van der Waals surface area contributed by atoms with Crippen LogP contribution in [-0.2, 0) is 14.9 Å². The number of rotatable bonds is 7. The molecule has 1 atom stereocenters. The van der Waals surface area contributed by atoms with Crippen molar-refractivity contribution in [3.8, 4) is 0 Å². The van der Waals surface area contributed by atoms with Crippen LogP contribution in [-0.4, -0.2) is 29.2 Å². The maximum absolute atomic E-state index is 12.5. The predicted molar refractivity (Wildman–Crippen MR) is 110 cm³/mol. The molecular weight excluding hydrogens is 340 g/mol. The van der Waals surface area contributed by atoms with Crippen LogP contribution < -0.4 is 10.6 Å². The van der Waals surface area contributed by atoms with E-state index in [4.69, 9.17) is 4.74 Å². The molecule has 2 N–H and O–H groups in total. The van der Waals surface area contributed by atoms with Gasteiger partial charge in [0.15, 0.2) is 0 Å². The number of nitrogens with one attached hydrogen (secondary N) is 2. The Labute approximate surface area is 164 Å². The molecule has 0 aromatic heterocycles. The molecule has 0 saturated heterocycles. The smallest absolute Gasteiger partial charge is 0.408 e. The Morgan fingerprint density at radius 3 is 2.07 bits per heavy atom. The topological polar surface area (TPSA) is 67.4 Å². The van der Waals surface area contributed by atoms with Crippen LogP contribution in [0.5, 0.6) is 0 Å². The summed E-state index contributed by atoms with van der Waals surface area (Å²) < 4.78 is 5.27. The molecule has 0 aliphatic carbocycles. The molecule has 1 unspecified atom stereocenters. The average molecular weight is 377 g/mol. The van der Waals surface area contributed by atoms with Gasteiger partial charge in [0, 0.05) is 18.0 Å². The van der Waals surface area contributed by atoms with E-state index in [1.165, 1.54) is 5.56 Å². The Bertz CT molecular complexity index is 631. The molecule has 0 fully saturated rings. The Morgan fingerprint density at radius 2 is 1.56 bits per heavy atom. The summed E-state index contributed by atoms with van der Waals surface area (Å²) in [5.74, 6) is -0.0904. The lowest BCUT2D eigenvalue weighted by Gasteiger charge is -2.31. The standard InChI is InChI=1S/C22H36N2O3/c1-16(14-21(5,6)17-12-10-9-11-13-17)23-18(25)15-22(7,8)24-19(26)27-20(2,3)4/h9-13,16H,14-15H2,1-8H3,(H,23,25)(H,24,26). The van der Waals surface area contributed by atoms with Crippen molar-refractivity contribution in [2.24, 2.45) is 0 Å². The van der Waals surface area contributed by atoms with Gasteiger partial charge in [0.05, 0.1) is 0 Å². The molecule has 0 heterocycles. The summed E-state index contributed by atoms with van der Waals surface area (Å²) in [7, 11) is 0. The molecule has 1 aromatic carbocycles. The van der Waals surface area contributed by atoms with Crippen molar-refractivity contribution >= 4 is 12.0 Å². The summed E-state index contributed by atoms with van der Waals surface area (Å²) in [6.45, 7) is 15.4. The van der Waals surface area contributed by atoms with Crippen molar-refractivity contribution in [2.45, 2.75) is 90.8 Å². The summed E-state index contributed by atoms with van der Waals surface area (Å²) in [6.07, 6.45) is 0.490. The first-order valence-corrected chi connectivity index (χ1v) is 9.56.